The number of carbonyl (C=O) groups is 1. The van der Waals surface area contributed by atoms with E-state index in [1.165, 1.54) is 0 Å². The maximum atomic E-state index is 11.1. The second-order valence-electron chi connectivity index (χ2n) is 3.22. The largest absolute Gasteiger partial charge is 0.409 e. The first kappa shape index (κ1) is 9.86. The summed E-state index contributed by atoms with van der Waals surface area (Å²) in [6.45, 7) is 1.99. The molecule has 1 heterocycles. The number of hydrogen-bond acceptors (Lipinski definition) is 4. The Morgan fingerprint density at radius 1 is 1.40 bits per heavy atom. The lowest BCUT2D eigenvalue weighted by atomic mass is 10.2. The van der Waals surface area contributed by atoms with Crippen LogP contribution in [-0.4, -0.2) is 18.1 Å². The van der Waals surface area contributed by atoms with Gasteiger partial charge >= 0.3 is 5.97 Å². The van der Waals surface area contributed by atoms with Crippen molar-refractivity contribution in [1.29, 1.82) is 0 Å². The lowest BCUT2D eigenvalue weighted by Gasteiger charge is -2.05. The third-order valence-corrected chi connectivity index (χ3v) is 2.00. The zero-order valence-electron chi connectivity index (χ0n) is 8.34. The van der Waals surface area contributed by atoms with Crippen LogP contribution in [0.5, 0.6) is 0 Å². The molecule has 1 aromatic rings. The molecule has 1 aliphatic heterocycles. The lowest BCUT2D eigenvalue weighted by molar-refractivity contribution is -0.145. The molecular weight excluding hydrogens is 194 g/mol. The fourth-order valence-electron chi connectivity index (χ4n) is 1.29. The fraction of sp³-hybridized carbons (Fsp3) is 0.273. The van der Waals surface area contributed by atoms with Gasteiger partial charge in [0.05, 0.1) is 6.61 Å². The Labute approximate surface area is 87.5 Å². The highest BCUT2D eigenvalue weighted by Gasteiger charge is 2.27. The van der Waals surface area contributed by atoms with Crippen molar-refractivity contribution >= 4 is 11.9 Å². The molecule has 0 fully saturated rings. The Morgan fingerprint density at radius 3 is 2.73 bits per heavy atom. The van der Waals surface area contributed by atoms with Gasteiger partial charge in [0, 0.05) is 6.92 Å². The van der Waals surface area contributed by atoms with Gasteiger partial charge in [-0.15, -0.1) is 0 Å². The highest BCUT2D eigenvalue weighted by atomic mass is 16.6. The molecule has 78 valence electrons. The number of cyclic esters (lactones) is 1. The van der Waals surface area contributed by atoms with Crippen molar-refractivity contribution in [3.05, 3.63) is 35.9 Å². The first-order valence-corrected chi connectivity index (χ1v) is 4.67. The first-order valence-electron chi connectivity index (χ1n) is 4.67. The SMILES string of the molecule is CC1=NC(OCc2ccccc2)C(=O)O1. The van der Waals surface area contributed by atoms with E-state index in [2.05, 4.69) is 4.99 Å². The van der Waals surface area contributed by atoms with Crippen molar-refractivity contribution in [3.63, 3.8) is 0 Å². The molecule has 0 radical (unpaired) electrons. The van der Waals surface area contributed by atoms with Crippen LogP contribution in [0.1, 0.15) is 12.5 Å². The third kappa shape index (κ3) is 2.41. The topological polar surface area (TPSA) is 47.9 Å². The summed E-state index contributed by atoms with van der Waals surface area (Å²) in [5.41, 5.74) is 1.00. The molecule has 0 aliphatic carbocycles. The predicted molar refractivity (Wildman–Crippen MR) is 54.2 cm³/mol. The highest BCUT2D eigenvalue weighted by Crippen LogP contribution is 2.10. The molecule has 1 aromatic carbocycles. The third-order valence-electron chi connectivity index (χ3n) is 2.00. The number of benzene rings is 1. The van der Waals surface area contributed by atoms with Crippen molar-refractivity contribution in [1.82, 2.24) is 0 Å². The van der Waals surface area contributed by atoms with Crippen LogP contribution in [0.15, 0.2) is 35.3 Å². The molecule has 0 spiro atoms. The minimum atomic E-state index is -0.801. The van der Waals surface area contributed by atoms with E-state index >= 15 is 0 Å². The molecule has 0 amide bonds. The Balaban J connectivity index is 1.92. The number of nitrogens with zero attached hydrogens (tertiary/aromatic N) is 1. The minimum Gasteiger partial charge on any atom is -0.409 e. The summed E-state index contributed by atoms with van der Waals surface area (Å²) in [5.74, 6) is -0.0820. The van der Waals surface area contributed by atoms with Gasteiger partial charge in [-0.2, -0.15) is 0 Å². The first-order chi connectivity index (χ1) is 7.25. The molecule has 2 rings (SSSR count). The summed E-state index contributed by atoms with van der Waals surface area (Å²) in [6.07, 6.45) is -0.801. The van der Waals surface area contributed by atoms with Gasteiger partial charge in [0.1, 0.15) is 0 Å². The smallest absolute Gasteiger partial charge is 0.365 e. The molecule has 4 heteroatoms. The van der Waals surface area contributed by atoms with Crippen LogP contribution in [0.3, 0.4) is 0 Å². The molecule has 0 saturated carbocycles. The standard InChI is InChI=1S/C11H11NO3/c1-8-12-10(11(13)15-8)14-7-9-5-3-2-4-6-9/h2-6,10H,7H2,1H3. The number of rotatable bonds is 3. The maximum absolute atomic E-state index is 11.1. The molecular formula is C11H11NO3. The van der Waals surface area contributed by atoms with Crippen molar-refractivity contribution in [3.8, 4) is 0 Å². The number of ether oxygens (including phenoxy) is 2. The molecule has 1 atom stereocenters. The normalized spacial score (nSPS) is 19.9. The van der Waals surface area contributed by atoms with E-state index in [0.29, 0.717) is 12.5 Å². The number of esters is 1. The van der Waals surface area contributed by atoms with E-state index in [4.69, 9.17) is 9.47 Å². The average Bonchev–Trinajstić information content (AvgIpc) is 2.56. The van der Waals surface area contributed by atoms with Crippen LogP contribution in [0.2, 0.25) is 0 Å². The zero-order valence-corrected chi connectivity index (χ0v) is 8.34. The van der Waals surface area contributed by atoms with E-state index in [1.807, 2.05) is 30.3 Å². The second-order valence-corrected chi connectivity index (χ2v) is 3.22. The molecule has 4 nitrogen and oxygen atoms in total. The Morgan fingerprint density at radius 2 is 2.13 bits per heavy atom. The minimum absolute atomic E-state index is 0.359. The van der Waals surface area contributed by atoms with Gasteiger partial charge < -0.3 is 9.47 Å². The monoisotopic (exact) mass is 205 g/mol. The average molecular weight is 205 g/mol. The van der Waals surface area contributed by atoms with Gasteiger partial charge in [0.2, 0.25) is 0 Å². The Kier molecular flexibility index (Phi) is 2.78. The Bertz CT molecular complexity index is 386. The molecule has 0 aromatic heterocycles. The van der Waals surface area contributed by atoms with Crippen LogP contribution in [0, 0.1) is 0 Å². The summed E-state index contributed by atoms with van der Waals surface area (Å²) >= 11 is 0. The van der Waals surface area contributed by atoms with E-state index in [1.54, 1.807) is 6.92 Å². The Hall–Kier alpha value is -1.68. The summed E-state index contributed by atoms with van der Waals surface area (Å²) in [5, 5.41) is 0. The van der Waals surface area contributed by atoms with Crippen molar-refractivity contribution in [2.45, 2.75) is 19.8 Å². The highest BCUT2D eigenvalue weighted by molar-refractivity contribution is 5.95. The quantitative estimate of drug-likeness (QED) is 0.702. The van der Waals surface area contributed by atoms with Crippen LogP contribution in [-0.2, 0) is 20.9 Å². The van der Waals surface area contributed by atoms with Gasteiger partial charge in [-0.25, -0.2) is 9.79 Å². The molecule has 0 saturated heterocycles. The number of hydrogen-bond donors (Lipinski definition) is 0. The van der Waals surface area contributed by atoms with E-state index in [-0.39, 0.29) is 0 Å². The molecule has 0 N–H and O–H groups in total. The van der Waals surface area contributed by atoms with Crippen molar-refractivity contribution in [2.24, 2.45) is 4.99 Å². The summed E-state index contributed by atoms with van der Waals surface area (Å²) < 4.78 is 10.1. The zero-order chi connectivity index (χ0) is 10.7. The van der Waals surface area contributed by atoms with Gasteiger partial charge in [-0.3, -0.25) is 0 Å². The molecule has 1 unspecified atom stereocenters. The second kappa shape index (κ2) is 4.23. The molecule has 15 heavy (non-hydrogen) atoms. The lowest BCUT2D eigenvalue weighted by Crippen LogP contribution is -2.18. The van der Waals surface area contributed by atoms with Crippen molar-refractivity contribution < 1.29 is 14.3 Å². The van der Waals surface area contributed by atoms with Crippen LogP contribution in [0.4, 0.5) is 0 Å². The predicted octanol–water partition coefficient (Wildman–Crippen LogP) is 1.50. The summed E-state index contributed by atoms with van der Waals surface area (Å²) in [6, 6.07) is 9.61. The number of aliphatic imine (C=N–C) groups is 1. The molecule has 1 aliphatic rings. The van der Waals surface area contributed by atoms with Gasteiger partial charge in [-0.1, -0.05) is 30.3 Å². The van der Waals surface area contributed by atoms with Crippen LogP contribution < -0.4 is 0 Å². The van der Waals surface area contributed by atoms with Crippen molar-refractivity contribution in [2.75, 3.05) is 0 Å². The van der Waals surface area contributed by atoms with Gasteiger partial charge in [0.25, 0.3) is 6.23 Å². The van der Waals surface area contributed by atoms with E-state index < -0.39 is 12.2 Å². The van der Waals surface area contributed by atoms with E-state index in [0.717, 1.165) is 5.56 Å². The molecule has 0 bridgehead atoms. The van der Waals surface area contributed by atoms with Crippen LogP contribution >= 0.6 is 0 Å². The summed E-state index contributed by atoms with van der Waals surface area (Å²) in [7, 11) is 0. The van der Waals surface area contributed by atoms with Gasteiger partial charge in [-0.05, 0) is 5.56 Å². The summed E-state index contributed by atoms with van der Waals surface area (Å²) in [4.78, 5) is 15.1. The number of carbonyl (C=O) groups excluding carboxylic acids is 1. The maximum Gasteiger partial charge on any atom is 0.365 e. The fourth-order valence-corrected chi connectivity index (χ4v) is 1.29. The van der Waals surface area contributed by atoms with E-state index in [9.17, 15) is 4.79 Å². The van der Waals surface area contributed by atoms with Gasteiger partial charge in [0.15, 0.2) is 5.90 Å². The van der Waals surface area contributed by atoms with Crippen LogP contribution in [0.25, 0.3) is 0 Å².